The van der Waals surface area contributed by atoms with Gasteiger partial charge in [0.15, 0.2) is 4.60 Å². The van der Waals surface area contributed by atoms with Crippen molar-refractivity contribution in [3.05, 3.63) is 44.9 Å². The van der Waals surface area contributed by atoms with Crippen molar-refractivity contribution in [3.8, 4) is 0 Å². The Morgan fingerprint density at radius 2 is 2.22 bits per heavy atom. The lowest BCUT2D eigenvalue weighted by molar-refractivity contribution is 0.549. The minimum absolute atomic E-state index is 0.327. The molecule has 0 spiro atoms. The largest absolute Gasteiger partial charge is 0.308 e. The first-order valence-corrected chi connectivity index (χ1v) is 6.39. The minimum atomic E-state index is -0.377. The number of aromatic nitrogens is 3. The Bertz CT molecular complexity index is 553. The maximum Gasteiger partial charge on any atom is 0.153 e. The average Bonchev–Trinajstić information content (AvgIpc) is 2.66. The molecule has 1 heterocycles. The quantitative estimate of drug-likeness (QED) is 0.939. The Labute approximate surface area is 117 Å². The van der Waals surface area contributed by atoms with Crippen LogP contribution in [0.2, 0.25) is 5.02 Å². The molecule has 0 bridgehead atoms. The molecule has 1 aromatic heterocycles. The zero-order chi connectivity index (χ0) is 13.3. The first kappa shape index (κ1) is 13.5. The molecule has 4 nitrogen and oxygen atoms in total. The fourth-order valence-corrected chi connectivity index (χ4v) is 2.56. The minimum Gasteiger partial charge on any atom is -0.308 e. The van der Waals surface area contributed by atoms with Gasteiger partial charge in [-0.2, -0.15) is 0 Å². The lowest BCUT2D eigenvalue weighted by Crippen LogP contribution is -2.22. The number of rotatable bonds is 3. The van der Waals surface area contributed by atoms with Crippen molar-refractivity contribution in [3.63, 3.8) is 0 Å². The highest BCUT2D eigenvalue weighted by molar-refractivity contribution is 9.10. The molecule has 0 aliphatic heterocycles. The summed E-state index contributed by atoms with van der Waals surface area (Å²) in [6, 6.07) is 4.08. The normalized spacial score (nSPS) is 12.7. The van der Waals surface area contributed by atoms with Gasteiger partial charge in [-0.05, 0) is 41.2 Å². The SMILES string of the molecule is CNC(c1cc(Cl)ccc1F)c1c(Br)nnn1C. The first-order valence-electron chi connectivity index (χ1n) is 5.22. The van der Waals surface area contributed by atoms with E-state index in [1.165, 1.54) is 12.1 Å². The first-order chi connectivity index (χ1) is 8.54. The van der Waals surface area contributed by atoms with Crippen LogP contribution in [0.15, 0.2) is 22.8 Å². The third-order valence-electron chi connectivity index (χ3n) is 2.66. The molecule has 1 N–H and O–H groups in total. The van der Waals surface area contributed by atoms with Gasteiger partial charge in [-0.25, -0.2) is 9.07 Å². The fourth-order valence-electron chi connectivity index (χ4n) is 1.82. The lowest BCUT2D eigenvalue weighted by Gasteiger charge is -2.17. The standard InChI is InChI=1S/C11H11BrClFN4/c1-15-9(10-11(12)16-17-18(10)2)7-5-6(13)3-4-8(7)14/h3-5,9,15H,1-2H3. The molecule has 0 aliphatic rings. The van der Waals surface area contributed by atoms with Crippen molar-refractivity contribution < 1.29 is 4.39 Å². The van der Waals surface area contributed by atoms with E-state index < -0.39 is 0 Å². The maximum atomic E-state index is 13.9. The van der Waals surface area contributed by atoms with Crippen LogP contribution >= 0.6 is 27.5 Å². The van der Waals surface area contributed by atoms with Crippen molar-refractivity contribution >= 4 is 27.5 Å². The van der Waals surface area contributed by atoms with Crippen molar-refractivity contribution in [2.75, 3.05) is 7.05 Å². The Morgan fingerprint density at radius 3 is 2.78 bits per heavy atom. The molecule has 1 aromatic carbocycles. The van der Waals surface area contributed by atoms with Crippen LogP contribution in [0.5, 0.6) is 0 Å². The van der Waals surface area contributed by atoms with Crippen LogP contribution in [0.3, 0.4) is 0 Å². The summed E-state index contributed by atoms with van der Waals surface area (Å²) in [7, 11) is 3.49. The number of hydrogen-bond donors (Lipinski definition) is 1. The van der Waals surface area contributed by atoms with Gasteiger partial charge in [0.2, 0.25) is 0 Å². The fraction of sp³-hybridized carbons (Fsp3) is 0.273. The Balaban J connectivity index is 2.55. The van der Waals surface area contributed by atoms with E-state index in [-0.39, 0.29) is 11.9 Å². The van der Waals surface area contributed by atoms with E-state index >= 15 is 0 Å². The summed E-state index contributed by atoms with van der Waals surface area (Å²) in [5, 5.41) is 11.3. The zero-order valence-electron chi connectivity index (χ0n) is 9.78. The molecule has 2 rings (SSSR count). The van der Waals surface area contributed by atoms with Crippen LogP contribution in [0, 0.1) is 5.82 Å². The van der Waals surface area contributed by atoms with Crippen LogP contribution in [0.1, 0.15) is 17.3 Å². The van der Waals surface area contributed by atoms with Gasteiger partial charge in [0.1, 0.15) is 5.82 Å². The van der Waals surface area contributed by atoms with Gasteiger partial charge in [-0.3, -0.25) is 0 Å². The zero-order valence-corrected chi connectivity index (χ0v) is 12.1. The maximum absolute atomic E-state index is 13.9. The third-order valence-corrected chi connectivity index (χ3v) is 3.46. The van der Waals surface area contributed by atoms with Crippen LogP contribution in [-0.2, 0) is 7.05 Å². The second-order valence-corrected chi connectivity index (χ2v) is 4.96. The van der Waals surface area contributed by atoms with Gasteiger partial charge in [-0.15, -0.1) is 5.10 Å². The number of halogens is 3. The predicted molar refractivity (Wildman–Crippen MR) is 71.0 cm³/mol. The van der Waals surface area contributed by atoms with Crippen molar-refractivity contribution in [1.82, 2.24) is 20.3 Å². The third kappa shape index (κ3) is 2.41. The van der Waals surface area contributed by atoms with Gasteiger partial charge < -0.3 is 5.32 Å². The molecule has 0 saturated heterocycles. The molecule has 1 atom stereocenters. The van der Waals surface area contributed by atoms with E-state index in [0.29, 0.717) is 15.2 Å². The molecular weight excluding hydrogens is 323 g/mol. The number of hydrogen-bond acceptors (Lipinski definition) is 3. The molecule has 96 valence electrons. The summed E-state index contributed by atoms with van der Waals surface area (Å²) >= 11 is 9.22. The Kier molecular flexibility index (Phi) is 3.99. The predicted octanol–water partition coefficient (Wildman–Crippen LogP) is 2.68. The van der Waals surface area contributed by atoms with E-state index in [1.54, 1.807) is 24.8 Å². The average molecular weight is 334 g/mol. The molecule has 7 heteroatoms. The van der Waals surface area contributed by atoms with E-state index in [0.717, 1.165) is 5.69 Å². The number of benzene rings is 1. The summed E-state index contributed by atoms with van der Waals surface area (Å²) in [4.78, 5) is 0. The summed E-state index contributed by atoms with van der Waals surface area (Å²) in [5.41, 5.74) is 1.19. The van der Waals surface area contributed by atoms with E-state index in [9.17, 15) is 4.39 Å². The smallest absolute Gasteiger partial charge is 0.153 e. The molecule has 0 saturated carbocycles. The number of nitrogens with zero attached hydrogens (tertiary/aromatic N) is 3. The molecular formula is C11H11BrClFN4. The summed E-state index contributed by atoms with van der Waals surface area (Å²) in [6.45, 7) is 0. The van der Waals surface area contributed by atoms with Gasteiger partial charge in [0.25, 0.3) is 0 Å². The van der Waals surface area contributed by atoms with Crippen LogP contribution in [0.4, 0.5) is 4.39 Å². The van der Waals surface area contributed by atoms with Gasteiger partial charge >= 0.3 is 0 Å². The highest BCUT2D eigenvalue weighted by atomic mass is 79.9. The van der Waals surface area contributed by atoms with E-state index in [4.69, 9.17) is 11.6 Å². The van der Waals surface area contributed by atoms with Gasteiger partial charge in [0.05, 0.1) is 11.7 Å². The highest BCUT2D eigenvalue weighted by Crippen LogP contribution is 2.29. The molecule has 1 unspecified atom stereocenters. The molecule has 2 aromatic rings. The van der Waals surface area contributed by atoms with Crippen LogP contribution < -0.4 is 5.32 Å². The van der Waals surface area contributed by atoms with Crippen molar-refractivity contribution in [1.29, 1.82) is 0 Å². The van der Waals surface area contributed by atoms with Crippen molar-refractivity contribution in [2.24, 2.45) is 7.05 Å². The Morgan fingerprint density at radius 1 is 1.50 bits per heavy atom. The summed E-state index contributed by atoms with van der Waals surface area (Å²) in [6.07, 6.45) is 0. The van der Waals surface area contributed by atoms with Crippen molar-refractivity contribution in [2.45, 2.75) is 6.04 Å². The molecule has 0 amide bonds. The number of nitrogens with one attached hydrogen (secondary N) is 1. The van der Waals surface area contributed by atoms with Gasteiger partial charge in [-0.1, -0.05) is 16.8 Å². The molecule has 0 radical (unpaired) electrons. The topological polar surface area (TPSA) is 42.7 Å². The number of aryl methyl sites for hydroxylation is 1. The Hall–Kier alpha value is -0.980. The van der Waals surface area contributed by atoms with E-state index in [1.807, 2.05) is 0 Å². The van der Waals surface area contributed by atoms with Gasteiger partial charge in [0, 0.05) is 17.6 Å². The summed E-state index contributed by atoms with van der Waals surface area (Å²) in [5.74, 6) is -0.327. The van der Waals surface area contributed by atoms with E-state index in [2.05, 4.69) is 31.6 Å². The van der Waals surface area contributed by atoms with Crippen LogP contribution in [0.25, 0.3) is 0 Å². The molecule has 0 fully saturated rings. The lowest BCUT2D eigenvalue weighted by atomic mass is 10.0. The second kappa shape index (κ2) is 5.34. The van der Waals surface area contributed by atoms with Crippen LogP contribution in [-0.4, -0.2) is 22.0 Å². The molecule has 0 aliphatic carbocycles. The summed E-state index contributed by atoms with van der Waals surface area (Å²) < 4.78 is 16.1. The monoisotopic (exact) mass is 332 g/mol. The second-order valence-electron chi connectivity index (χ2n) is 3.78. The molecule has 18 heavy (non-hydrogen) atoms. The highest BCUT2D eigenvalue weighted by Gasteiger charge is 2.23.